The van der Waals surface area contributed by atoms with E-state index >= 15 is 0 Å². The van der Waals surface area contributed by atoms with Crippen molar-refractivity contribution in [2.24, 2.45) is 0 Å². The van der Waals surface area contributed by atoms with Gasteiger partial charge in [-0.3, -0.25) is 9.59 Å². The number of carbonyl (C=O) groups excluding carboxylic acids is 2. The van der Waals surface area contributed by atoms with Gasteiger partial charge in [0.05, 0.1) is 44.5 Å². The van der Waals surface area contributed by atoms with Crippen LogP contribution < -0.4 is 10.2 Å². The zero-order chi connectivity index (χ0) is 17.8. The van der Waals surface area contributed by atoms with Crippen LogP contribution in [0.25, 0.3) is 0 Å². The van der Waals surface area contributed by atoms with Crippen molar-refractivity contribution in [2.75, 3.05) is 38.5 Å². The molecular weight excluding hydrogens is 314 g/mol. The predicted octanol–water partition coefficient (Wildman–Crippen LogP) is 1.22. The van der Waals surface area contributed by atoms with Crippen LogP contribution in [-0.2, 0) is 0 Å². The van der Waals surface area contributed by atoms with E-state index in [0.29, 0.717) is 16.8 Å². The number of carbonyl (C=O) groups is 2. The molecule has 0 atom stereocenters. The largest absolute Gasteiger partial charge is 0.334 e. The minimum absolute atomic E-state index is 0.0210. The maximum absolute atomic E-state index is 12.9. The normalized spacial score (nSPS) is 15.0. The maximum atomic E-state index is 12.9. The van der Waals surface area contributed by atoms with Gasteiger partial charge in [0.25, 0.3) is 11.8 Å². The van der Waals surface area contributed by atoms with E-state index in [1.807, 2.05) is 36.1 Å². The van der Waals surface area contributed by atoms with Crippen LogP contribution in [0.1, 0.15) is 26.3 Å². The fourth-order valence-corrected chi connectivity index (χ4v) is 2.94. The number of anilines is 1. The van der Waals surface area contributed by atoms with Gasteiger partial charge in [-0.2, -0.15) is 0 Å². The van der Waals surface area contributed by atoms with Crippen molar-refractivity contribution in [1.82, 2.24) is 4.90 Å². The van der Waals surface area contributed by atoms with E-state index in [1.54, 1.807) is 24.3 Å². The van der Waals surface area contributed by atoms with Gasteiger partial charge < -0.3 is 15.1 Å². The standard InChI is InChI=1S/C20H23N3O2/c1-15-7-9-16(10-8-15)19(24)21-18-6-4-3-5-17(18)20(25)23-13-11-22(2)12-14-23/h3-10H,11-14H2,1-2H3,(H,21,24)/p+1. The second kappa shape index (κ2) is 7.49. The molecule has 0 radical (unpaired) electrons. The first-order valence-electron chi connectivity index (χ1n) is 8.62. The Labute approximate surface area is 148 Å². The van der Waals surface area contributed by atoms with Gasteiger partial charge >= 0.3 is 0 Å². The van der Waals surface area contributed by atoms with Crippen LogP contribution in [-0.4, -0.2) is 49.9 Å². The topological polar surface area (TPSA) is 53.9 Å². The van der Waals surface area contributed by atoms with Gasteiger partial charge in [0.1, 0.15) is 0 Å². The van der Waals surface area contributed by atoms with Crippen LogP contribution in [0.15, 0.2) is 48.5 Å². The summed E-state index contributed by atoms with van der Waals surface area (Å²) in [5.74, 6) is -0.227. The summed E-state index contributed by atoms with van der Waals surface area (Å²) in [5, 5.41) is 2.88. The molecule has 2 aromatic rings. The molecule has 2 amide bonds. The second-order valence-corrected chi connectivity index (χ2v) is 6.62. The first-order valence-corrected chi connectivity index (χ1v) is 8.62. The molecule has 2 N–H and O–H groups in total. The van der Waals surface area contributed by atoms with Crippen LogP contribution in [0, 0.1) is 6.92 Å². The highest BCUT2D eigenvalue weighted by Gasteiger charge is 2.24. The van der Waals surface area contributed by atoms with Crippen LogP contribution >= 0.6 is 0 Å². The minimum atomic E-state index is -0.205. The summed E-state index contributed by atoms with van der Waals surface area (Å²) in [6.45, 7) is 5.36. The number of nitrogens with zero attached hydrogens (tertiary/aromatic N) is 1. The molecule has 0 aliphatic carbocycles. The van der Waals surface area contributed by atoms with Crippen molar-refractivity contribution in [1.29, 1.82) is 0 Å². The summed E-state index contributed by atoms with van der Waals surface area (Å²) in [5.41, 5.74) is 2.78. The smallest absolute Gasteiger partial charge is 0.256 e. The molecule has 130 valence electrons. The number of likely N-dealkylation sites (N-methyl/N-ethyl adjacent to an activating group) is 1. The van der Waals surface area contributed by atoms with Gasteiger partial charge in [0.2, 0.25) is 0 Å². The van der Waals surface area contributed by atoms with Gasteiger partial charge in [-0.05, 0) is 31.2 Å². The maximum Gasteiger partial charge on any atom is 0.256 e. The zero-order valence-electron chi connectivity index (χ0n) is 14.7. The molecule has 0 bridgehead atoms. The number of para-hydroxylation sites is 1. The molecule has 2 aromatic carbocycles. The second-order valence-electron chi connectivity index (χ2n) is 6.62. The van der Waals surface area contributed by atoms with Gasteiger partial charge in [-0.1, -0.05) is 29.8 Å². The first kappa shape index (κ1) is 17.2. The molecule has 1 fully saturated rings. The molecule has 1 aliphatic rings. The molecule has 3 rings (SSSR count). The zero-order valence-corrected chi connectivity index (χ0v) is 14.7. The van der Waals surface area contributed by atoms with Crippen molar-refractivity contribution in [3.8, 4) is 0 Å². The molecule has 0 spiro atoms. The number of rotatable bonds is 3. The average Bonchev–Trinajstić information content (AvgIpc) is 2.63. The molecule has 0 unspecified atom stereocenters. The first-order chi connectivity index (χ1) is 12.0. The molecule has 1 saturated heterocycles. The quantitative estimate of drug-likeness (QED) is 0.884. The predicted molar refractivity (Wildman–Crippen MR) is 98.1 cm³/mol. The molecule has 25 heavy (non-hydrogen) atoms. The number of piperazine rings is 1. The molecule has 5 heteroatoms. The Morgan fingerprint density at radius 1 is 1.00 bits per heavy atom. The van der Waals surface area contributed by atoms with E-state index in [9.17, 15) is 9.59 Å². The van der Waals surface area contributed by atoms with Crippen LogP contribution in [0.5, 0.6) is 0 Å². The van der Waals surface area contributed by atoms with Crippen LogP contribution in [0.4, 0.5) is 5.69 Å². The summed E-state index contributed by atoms with van der Waals surface area (Å²) < 4.78 is 0. The van der Waals surface area contributed by atoms with E-state index in [1.165, 1.54) is 4.90 Å². The summed E-state index contributed by atoms with van der Waals surface area (Å²) in [7, 11) is 2.14. The van der Waals surface area contributed by atoms with Crippen molar-refractivity contribution in [3.05, 3.63) is 65.2 Å². The lowest BCUT2D eigenvalue weighted by atomic mass is 10.1. The lowest BCUT2D eigenvalue weighted by Crippen LogP contribution is -3.12. The van der Waals surface area contributed by atoms with E-state index in [4.69, 9.17) is 0 Å². The molecule has 0 aromatic heterocycles. The van der Waals surface area contributed by atoms with Gasteiger partial charge in [-0.15, -0.1) is 0 Å². The third-order valence-corrected chi connectivity index (χ3v) is 4.62. The van der Waals surface area contributed by atoms with Crippen molar-refractivity contribution in [3.63, 3.8) is 0 Å². The third kappa shape index (κ3) is 4.06. The molecule has 1 aliphatic heterocycles. The molecular formula is C20H24N3O2+. The Balaban J connectivity index is 1.77. The minimum Gasteiger partial charge on any atom is -0.334 e. The molecule has 1 heterocycles. The Morgan fingerprint density at radius 2 is 1.64 bits per heavy atom. The Bertz CT molecular complexity index is 763. The summed E-state index contributed by atoms with van der Waals surface area (Å²) in [6, 6.07) is 14.6. The number of hydrogen-bond donors (Lipinski definition) is 2. The van der Waals surface area contributed by atoms with Crippen LogP contribution in [0.3, 0.4) is 0 Å². The van der Waals surface area contributed by atoms with Gasteiger partial charge in [-0.25, -0.2) is 0 Å². The molecule has 5 nitrogen and oxygen atoms in total. The summed E-state index contributed by atoms with van der Waals surface area (Å²) in [6.07, 6.45) is 0. The highest BCUT2D eigenvalue weighted by atomic mass is 16.2. The van der Waals surface area contributed by atoms with E-state index < -0.39 is 0 Å². The summed E-state index contributed by atoms with van der Waals surface area (Å²) in [4.78, 5) is 28.6. The fourth-order valence-electron chi connectivity index (χ4n) is 2.94. The highest BCUT2D eigenvalue weighted by molar-refractivity contribution is 6.09. The number of quaternary nitrogens is 1. The van der Waals surface area contributed by atoms with Crippen LogP contribution in [0.2, 0.25) is 0 Å². The van der Waals surface area contributed by atoms with Crippen molar-refractivity contribution >= 4 is 17.5 Å². The Kier molecular flexibility index (Phi) is 5.14. The lowest BCUT2D eigenvalue weighted by Gasteiger charge is -2.30. The Morgan fingerprint density at radius 3 is 2.32 bits per heavy atom. The number of aryl methyl sites for hydroxylation is 1. The number of nitrogens with one attached hydrogen (secondary N) is 2. The van der Waals surface area contributed by atoms with Crippen molar-refractivity contribution in [2.45, 2.75) is 6.92 Å². The van der Waals surface area contributed by atoms with E-state index in [2.05, 4.69) is 12.4 Å². The average molecular weight is 338 g/mol. The highest BCUT2D eigenvalue weighted by Crippen LogP contribution is 2.19. The summed E-state index contributed by atoms with van der Waals surface area (Å²) >= 11 is 0. The third-order valence-electron chi connectivity index (χ3n) is 4.62. The van der Waals surface area contributed by atoms with Gasteiger partial charge in [0, 0.05) is 5.56 Å². The molecule has 0 saturated carbocycles. The monoisotopic (exact) mass is 338 g/mol. The lowest BCUT2D eigenvalue weighted by molar-refractivity contribution is -0.883. The van der Waals surface area contributed by atoms with E-state index in [0.717, 1.165) is 31.7 Å². The fraction of sp³-hybridized carbons (Fsp3) is 0.300. The van der Waals surface area contributed by atoms with Gasteiger partial charge in [0.15, 0.2) is 0 Å². The SMILES string of the molecule is Cc1ccc(C(=O)Nc2ccccc2C(=O)N2CC[NH+](C)CC2)cc1. The number of hydrogen-bond acceptors (Lipinski definition) is 2. The number of benzene rings is 2. The van der Waals surface area contributed by atoms with Crippen molar-refractivity contribution < 1.29 is 14.5 Å². The van der Waals surface area contributed by atoms with E-state index in [-0.39, 0.29) is 11.8 Å². The Hall–Kier alpha value is -2.66. The number of amides is 2.